The molecule has 0 aliphatic rings. The smallest absolute Gasteiger partial charge is 0.248 e. The maximum absolute atomic E-state index is 4.28. The van der Waals surface area contributed by atoms with Crippen molar-refractivity contribution in [3.8, 4) is 5.95 Å². The van der Waals surface area contributed by atoms with E-state index in [0.717, 1.165) is 11.5 Å². The normalized spacial score (nSPS) is 10.7. The highest BCUT2D eigenvalue weighted by Crippen LogP contribution is 2.16. The quantitative estimate of drug-likeness (QED) is 0.584. The Kier molecular flexibility index (Phi) is 1.75. The minimum atomic E-state index is 0.832. The second-order valence-electron chi connectivity index (χ2n) is 3.35. The summed E-state index contributed by atoms with van der Waals surface area (Å²) in [4.78, 5) is 7.39. The van der Waals surface area contributed by atoms with Crippen LogP contribution in [-0.2, 0) is 0 Å². The van der Waals surface area contributed by atoms with Crippen molar-refractivity contribution in [3.63, 3.8) is 0 Å². The van der Waals surface area contributed by atoms with Gasteiger partial charge in [-0.1, -0.05) is 23.2 Å². The van der Waals surface area contributed by atoms with Crippen molar-refractivity contribution >= 4 is 10.9 Å². The molecule has 3 nitrogen and oxygen atoms in total. The van der Waals surface area contributed by atoms with Crippen LogP contribution < -0.4 is 4.98 Å². The molecule has 0 saturated carbocycles. The van der Waals surface area contributed by atoms with E-state index in [2.05, 4.69) is 28.2 Å². The van der Waals surface area contributed by atoms with Crippen LogP contribution >= 0.6 is 0 Å². The Hall–Kier alpha value is -2.16. The number of fused-ring (bicyclic) bond motifs is 1. The number of para-hydroxylation sites is 1. The molecular weight excluding hydrogens is 186 g/mol. The summed E-state index contributed by atoms with van der Waals surface area (Å²) in [5.41, 5.74) is 1.16. The lowest BCUT2D eigenvalue weighted by molar-refractivity contribution is -0.377. The summed E-state index contributed by atoms with van der Waals surface area (Å²) in [6.45, 7) is 0. The fourth-order valence-electron chi connectivity index (χ4n) is 1.72. The standard InChI is InChI=1S/C12H9N3/c1-2-5-11-10(4-1)6-9-15(11)12-13-7-3-8-14-12/h1-9H/p+1. The second kappa shape index (κ2) is 3.20. The van der Waals surface area contributed by atoms with Crippen LogP contribution in [0.15, 0.2) is 55.0 Å². The molecule has 3 aromatic rings. The van der Waals surface area contributed by atoms with Crippen LogP contribution in [0.5, 0.6) is 0 Å². The fourth-order valence-corrected chi connectivity index (χ4v) is 1.72. The number of hydrogen-bond acceptors (Lipinski definition) is 1. The van der Waals surface area contributed by atoms with Gasteiger partial charge < -0.3 is 0 Å². The summed E-state index contributed by atoms with van der Waals surface area (Å²) >= 11 is 0. The molecule has 0 bridgehead atoms. The molecule has 3 heteroatoms. The zero-order chi connectivity index (χ0) is 10.1. The number of H-pyrrole nitrogens is 1. The molecule has 1 N–H and O–H groups in total. The van der Waals surface area contributed by atoms with Crippen LogP contribution in [0.25, 0.3) is 16.9 Å². The zero-order valence-electron chi connectivity index (χ0n) is 8.09. The molecule has 0 saturated heterocycles. The minimum Gasteiger partial charge on any atom is -0.248 e. The summed E-state index contributed by atoms with van der Waals surface area (Å²) in [6.07, 6.45) is 5.67. The molecule has 1 aromatic carbocycles. The third-order valence-electron chi connectivity index (χ3n) is 2.42. The Morgan fingerprint density at radius 2 is 2.00 bits per heavy atom. The zero-order valence-corrected chi connectivity index (χ0v) is 8.09. The first kappa shape index (κ1) is 8.17. The van der Waals surface area contributed by atoms with Crippen molar-refractivity contribution in [2.45, 2.75) is 0 Å². The van der Waals surface area contributed by atoms with Crippen molar-refractivity contribution in [3.05, 3.63) is 55.0 Å². The number of nitrogens with zero attached hydrogens (tertiary/aromatic N) is 2. The van der Waals surface area contributed by atoms with Crippen molar-refractivity contribution < 1.29 is 4.98 Å². The summed E-state index contributed by atoms with van der Waals surface area (Å²) < 4.78 is 2.04. The van der Waals surface area contributed by atoms with Gasteiger partial charge in [0.05, 0.1) is 12.4 Å². The van der Waals surface area contributed by atoms with E-state index in [4.69, 9.17) is 0 Å². The molecule has 0 radical (unpaired) electrons. The molecule has 0 aliphatic heterocycles. The molecule has 0 fully saturated rings. The van der Waals surface area contributed by atoms with Crippen molar-refractivity contribution in [1.82, 2.24) is 9.55 Å². The van der Waals surface area contributed by atoms with Crippen LogP contribution in [0.1, 0.15) is 0 Å². The van der Waals surface area contributed by atoms with Crippen molar-refractivity contribution in [1.29, 1.82) is 0 Å². The highest BCUT2D eigenvalue weighted by Gasteiger charge is 2.10. The van der Waals surface area contributed by atoms with E-state index >= 15 is 0 Å². The molecule has 0 atom stereocenters. The van der Waals surface area contributed by atoms with Gasteiger partial charge in [0.1, 0.15) is 11.7 Å². The summed E-state index contributed by atoms with van der Waals surface area (Å²) in [5, 5.41) is 1.22. The maximum atomic E-state index is 4.28. The van der Waals surface area contributed by atoms with Crippen LogP contribution in [0.2, 0.25) is 0 Å². The van der Waals surface area contributed by atoms with E-state index in [9.17, 15) is 0 Å². The topological polar surface area (TPSA) is 32.0 Å². The van der Waals surface area contributed by atoms with Gasteiger partial charge >= 0.3 is 5.95 Å². The molecule has 15 heavy (non-hydrogen) atoms. The first-order valence-corrected chi connectivity index (χ1v) is 4.84. The molecule has 2 aromatic heterocycles. The molecular formula is C12H10N3+. The van der Waals surface area contributed by atoms with Gasteiger partial charge in [0.15, 0.2) is 0 Å². The van der Waals surface area contributed by atoms with E-state index in [-0.39, 0.29) is 0 Å². The number of hydrogen-bond donors (Lipinski definition) is 0. The lowest BCUT2D eigenvalue weighted by Crippen LogP contribution is -2.13. The van der Waals surface area contributed by atoms with Crippen molar-refractivity contribution in [2.75, 3.05) is 0 Å². The molecule has 72 valence electrons. The van der Waals surface area contributed by atoms with Gasteiger partial charge in [0.25, 0.3) is 0 Å². The maximum Gasteiger partial charge on any atom is 0.401 e. The number of rotatable bonds is 1. The third-order valence-corrected chi connectivity index (χ3v) is 2.42. The van der Waals surface area contributed by atoms with Crippen LogP contribution in [-0.4, -0.2) is 9.55 Å². The monoisotopic (exact) mass is 196 g/mol. The molecule has 0 unspecified atom stereocenters. The van der Waals surface area contributed by atoms with Gasteiger partial charge in [-0.25, -0.2) is 9.55 Å². The Labute approximate surface area is 87.0 Å². The van der Waals surface area contributed by atoms with E-state index < -0.39 is 0 Å². The molecule has 2 heterocycles. The fraction of sp³-hybridized carbons (Fsp3) is 0. The highest BCUT2D eigenvalue weighted by molar-refractivity contribution is 5.81. The largest absolute Gasteiger partial charge is 0.401 e. The minimum absolute atomic E-state index is 0.832. The lowest BCUT2D eigenvalue weighted by atomic mass is 10.2. The Morgan fingerprint density at radius 3 is 2.87 bits per heavy atom. The van der Waals surface area contributed by atoms with E-state index in [0.29, 0.717) is 0 Å². The summed E-state index contributed by atoms with van der Waals surface area (Å²) in [7, 11) is 0. The summed E-state index contributed by atoms with van der Waals surface area (Å²) in [6, 6.07) is 12.2. The third kappa shape index (κ3) is 1.29. The summed E-state index contributed by atoms with van der Waals surface area (Å²) in [5.74, 6) is 0.832. The molecule has 0 amide bonds. The van der Waals surface area contributed by atoms with Gasteiger partial charge in [0.2, 0.25) is 0 Å². The first-order valence-electron chi connectivity index (χ1n) is 4.84. The van der Waals surface area contributed by atoms with Gasteiger partial charge in [-0.2, -0.15) is 0 Å². The SMILES string of the molecule is c1cnc(-n2ccc3ccccc32)[nH+]c1. The average molecular weight is 196 g/mol. The Balaban J connectivity index is 2.28. The lowest BCUT2D eigenvalue weighted by Gasteiger charge is -1.93. The number of benzene rings is 1. The Morgan fingerprint density at radius 1 is 1.07 bits per heavy atom. The number of aromatic nitrogens is 3. The van der Waals surface area contributed by atoms with Gasteiger partial charge in [-0.3, -0.25) is 0 Å². The predicted molar refractivity (Wildman–Crippen MR) is 57.6 cm³/mol. The second-order valence-corrected chi connectivity index (χ2v) is 3.35. The number of nitrogens with one attached hydrogen (secondary N) is 1. The molecule has 3 rings (SSSR count). The molecule has 0 spiro atoms. The van der Waals surface area contributed by atoms with Crippen LogP contribution in [0.4, 0.5) is 0 Å². The average Bonchev–Trinajstić information content (AvgIpc) is 2.74. The van der Waals surface area contributed by atoms with E-state index in [1.54, 1.807) is 6.20 Å². The van der Waals surface area contributed by atoms with Crippen molar-refractivity contribution in [2.24, 2.45) is 0 Å². The van der Waals surface area contributed by atoms with Gasteiger partial charge in [0, 0.05) is 11.5 Å². The van der Waals surface area contributed by atoms with Crippen LogP contribution in [0, 0.1) is 0 Å². The highest BCUT2D eigenvalue weighted by atomic mass is 15.1. The van der Waals surface area contributed by atoms with E-state index in [1.165, 1.54) is 5.39 Å². The van der Waals surface area contributed by atoms with Gasteiger partial charge in [-0.05, 0) is 12.1 Å². The first-order chi connectivity index (χ1) is 7.45. The Bertz CT molecular complexity index is 584. The molecule has 0 aliphatic carbocycles. The van der Waals surface area contributed by atoms with Crippen LogP contribution in [0.3, 0.4) is 0 Å². The van der Waals surface area contributed by atoms with Gasteiger partial charge in [-0.15, -0.1) is 0 Å². The number of aromatic amines is 1. The van der Waals surface area contributed by atoms with E-state index in [1.807, 2.05) is 35.2 Å². The predicted octanol–water partition coefficient (Wildman–Crippen LogP) is 1.84.